The molecular weight excluding hydrogens is 390 g/mol. The molecule has 7 heteroatoms. The third-order valence-corrected chi connectivity index (χ3v) is 4.79. The van der Waals surface area contributed by atoms with Crippen LogP contribution in [0.25, 0.3) is 5.76 Å². The zero-order valence-corrected chi connectivity index (χ0v) is 15.5. The van der Waals surface area contributed by atoms with Crippen LogP contribution in [0.3, 0.4) is 0 Å². The lowest BCUT2D eigenvalue weighted by atomic mass is 9.81. The molecule has 25 heavy (non-hydrogen) atoms. The van der Waals surface area contributed by atoms with Crippen molar-refractivity contribution in [2.75, 3.05) is 6.54 Å². The Kier molecular flexibility index (Phi) is 4.79. The molecule has 1 aromatic rings. The predicted octanol–water partition coefficient (Wildman–Crippen LogP) is 2.56. The molecule has 132 valence electrons. The molecule has 6 nitrogen and oxygen atoms in total. The van der Waals surface area contributed by atoms with Gasteiger partial charge in [-0.05, 0) is 13.8 Å². The molecule has 1 aliphatic heterocycles. The Labute approximate surface area is 153 Å². The summed E-state index contributed by atoms with van der Waals surface area (Å²) in [6, 6.07) is 6.89. The summed E-state index contributed by atoms with van der Waals surface area (Å²) in [4.78, 5) is 36.8. The fourth-order valence-electron chi connectivity index (χ4n) is 3.02. The van der Waals surface area contributed by atoms with Crippen LogP contribution in [0, 0.1) is 0 Å². The van der Waals surface area contributed by atoms with E-state index in [4.69, 9.17) is 9.47 Å². The first-order chi connectivity index (χ1) is 11.8. The zero-order valence-electron chi connectivity index (χ0n) is 13.9. The maximum atomic E-state index is 12.5. The van der Waals surface area contributed by atoms with E-state index < -0.39 is 29.2 Å². The van der Waals surface area contributed by atoms with Crippen LogP contribution >= 0.6 is 16.1 Å². The van der Waals surface area contributed by atoms with Gasteiger partial charge >= 0.3 is 5.97 Å². The lowest BCUT2D eigenvalue weighted by molar-refractivity contribution is -0.163. The van der Waals surface area contributed by atoms with Crippen molar-refractivity contribution in [3.05, 3.63) is 41.0 Å². The average molecular weight is 408 g/mol. The first-order valence-electron chi connectivity index (χ1n) is 7.98. The Morgan fingerprint density at radius 2 is 1.96 bits per heavy atom. The third-order valence-electron chi connectivity index (χ3n) is 4.40. The molecule has 0 aromatic heterocycles. The van der Waals surface area contributed by atoms with E-state index in [1.165, 1.54) is 0 Å². The summed E-state index contributed by atoms with van der Waals surface area (Å²) < 4.78 is 14.3. The fourth-order valence-corrected chi connectivity index (χ4v) is 3.21. The summed E-state index contributed by atoms with van der Waals surface area (Å²) >= 11 is 3.03. The lowest BCUT2D eigenvalue weighted by Crippen LogP contribution is -2.47. The summed E-state index contributed by atoms with van der Waals surface area (Å²) in [5, 5.41) is 0. The van der Waals surface area contributed by atoms with Gasteiger partial charge in [0.2, 0.25) is 11.6 Å². The first-order valence-corrected chi connectivity index (χ1v) is 8.78. The Morgan fingerprint density at radius 3 is 2.64 bits per heavy atom. The van der Waals surface area contributed by atoms with E-state index in [1.807, 2.05) is 0 Å². The van der Waals surface area contributed by atoms with Gasteiger partial charge in [0.15, 0.2) is 0 Å². The number of hydrogen-bond acceptors (Lipinski definition) is 6. The van der Waals surface area contributed by atoms with E-state index in [0.717, 1.165) is 0 Å². The topological polar surface area (TPSA) is 81.7 Å². The van der Waals surface area contributed by atoms with E-state index >= 15 is 0 Å². The standard InChI is InChI=1S/C18H18BrNO5/c1-18(2)13(24-14(21)7-8-20-19)9-12-16(23)15(22)10-5-3-4-6-11(10)17(12)25-18/h3-6,13,20H,7-9H2,1-2H3. The van der Waals surface area contributed by atoms with Crippen molar-refractivity contribution in [3.8, 4) is 0 Å². The molecule has 0 spiro atoms. The summed E-state index contributed by atoms with van der Waals surface area (Å²) in [7, 11) is 0. The lowest BCUT2D eigenvalue weighted by Gasteiger charge is -2.41. The number of fused-ring (bicyclic) bond motifs is 2. The molecule has 0 bridgehead atoms. The normalized spacial score (nSPS) is 21.3. The van der Waals surface area contributed by atoms with Gasteiger partial charge in [0.05, 0.1) is 12.0 Å². The molecule has 0 saturated heterocycles. The van der Waals surface area contributed by atoms with Crippen molar-refractivity contribution in [1.29, 1.82) is 0 Å². The van der Waals surface area contributed by atoms with Crippen molar-refractivity contribution in [3.63, 3.8) is 0 Å². The number of carbonyl (C=O) groups excluding carboxylic acids is 3. The van der Waals surface area contributed by atoms with Gasteiger partial charge in [0, 0.05) is 40.2 Å². The molecule has 3 rings (SSSR count). The highest BCUT2D eigenvalue weighted by Crippen LogP contribution is 2.42. The Hall–Kier alpha value is -1.99. The molecule has 0 amide bonds. The van der Waals surface area contributed by atoms with Gasteiger partial charge in [-0.2, -0.15) is 0 Å². The largest absolute Gasteiger partial charge is 0.483 e. The summed E-state index contributed by atoms with van der Waals surface area (Å²) in [5.74, 6) is -1.12. The molecular formula is C18H18BrNO5. The van der Waals surface area contributed by atoms with E-state index in [0.29, 0.717) is 23.4 Å². The van der Waals surface area contributed by atoms with Gasteiger partial charge in [0.1, 0.15) is 17.5 Å². The Balaban J connectivity index is 1.94. The molecule has 1 heterocycles. The maximum absolute atomic E-state index is 12.5. The molecule has 1 aromatic carbocycles. The summed E-state index contributed by atoms with van der Waals surface area (Å²) in [5.41, 5.74) is 0.424. The van der Waals surface area contributed by atoms with Crippen molar-refractivity contribution in [1.82, 2.24) is 4.34 Å². The number of halogens is 1. The van der Waals surface area contributed by atoms with E-state index in [9.17, 15) is 14.4 Å². The van der Waals surface area contributed by atoms with E-state index in [1.54, 1.807) is 38.1 Å². The second-order valence-electron chi connectivity index (χ2n) is 6.53. The van der Waals surface area contributed by atoms with Crippen LogP contribution in [0.15, 0.2) is 29.8 Å². The van der Waals surface area contributed by atoms with Gasteiger partial charge in [0.25, 0.3) is 0 Å². The van der Waals surface area contributed by atoms with Gasteiger partial charge in [-0.3, -0.25) is 18.7 Å². The highest BCUT2D eigenvalue weighted by molar-refractivity contribution is 9.08. The monoisotopic (exact) mass is 407 g/mol. The van der Waals surface area contributed by atoms with Crippen LogP contribution in [-0.2, 0) is 19.1 Å². The zero-order chi connectivity index (χ0) is 18.2. The number of hydrogen-bond donors (Lipinski definition) is 1. The van der Waals surface area contributed by atoms with E-state index in [-0.39, 0.29) is 18.4 Å². The molecule has 0 fully saturated rings. The summed E-state index contributed by atoms with van der Waals surface area (Å²) in [6.45, 7) is 4.04. The second-order valence-corrected chi connectivity index (χ2v) is 7.09. The smallest absolute Gasteiger partial charge is 0.307 e. The average Bonchev–Trinajstić information content (AvgIpc) is 2.59. The van der Waals surface area contributed by atoms with Crippen molar-refractivity contribution >= 4 is 39.4 Å². The minimum Gasteiger partial charge on any atom is -0.483 e. The SMILES string of the molecule is CC1(C)OC2=C(CC1OC(=O)CCNBr)C(=O)C(=O)c1ccccc12. The molecule has 1 atom stereocenters. The van der Waals surface area contributed by atoms with Crippen molar-refractivity contribution < 1.29 is 23.9 Å². The third kappa shape index (κ3) is 3.26. The predicted molar refractivity (Wildman–Crippen MR) is 93.9 cm³/mol. The second kappa shape index (κ2) is 6.72. The van der Waals surface area contributed by atoms with Gasteiger partial charge in [-0.1, -0.05) is 24.3 Å². The number of esters is 1. The van der Waals surface area contributed by atoms with Gasteiger partial charge < -0.3 is 9.47 Å². The van der Waals surface area contributed by atoms with Crippen LogP contribution in [0.5, 0.6) is 0 Å². The fraction of sp³-hybridized carbons (Fsp3) is 0.389. The number of nitrogens with one attached hydrogen (secondary N) is 1. The summed E-state index contributed by atoms with van der Waals surface area (Å²) in [6.07, 6.45) is -0.301. The van der Waals surface area contributed by atoms with Crippen molar-refractivity contribution in [2.24, 2.45) is 0 Å². The Bertz CT molecular complexity index is 783. The molecule has 0 saturated carbocycles. The first kappa shape index (κ1) is 17.8. The van der Waals surface area contributed by atoms with Gasteiger partial charge in [-0.25, -0.2) is 0 Å². The molecule has 1 aliphatic carbocycles. The Morgan fingerprint density at radius 1 is 1.28 bits per heavy atom. The minimum atomic E-state index is -0.815. The van der Waals surface area contributed by atoms with Crippen LogP contribution in [-0.4, -0.2) is 35.8 Å². The number of ether oxygens (including phenoxy) is 2. The number of ketones is 2. The van der Waals surface area contributed by atoms with E-state index in [2.05, 4.69) is 20.5 Å². The number of benzene rings is 1. The van der Waals surface area contributed by atoms with Crippen LogP contribution in [0.2, 0.25) is 0 Å². The van der Waals surface area contributed by atoms with Crippen LogP contribution in [0.1, 0.15) is 42.6 Å². The number of carbonyl (C=O) groups is 3. The van der Waals surface area contributed by atoms with Crippen LogP contribution < -0.4 is 4.34 Å². The molecule has 2 aliphatic rings. The highest BCUT2D eigenvalue weighted by Gasteiger charge is 2.46. The molecule has 1 unspecified atom stereocenters. The molecule has 1 N–H and O–H groups in total. The minimum absolute atomic E-state index is 0.161. The number of Topliss-reactive ketones (excluding diaryl/α,β-unsaturated/α-hetero) is 2. The van der Waals surface area contributed by atoms with Crippen LogP contribution in [0.4, 0.5) is 0 Å². The maximum Gasteiger partial charge on any atom is 0.307 e. The van der Waals surface area contributed by atoms with Crippen molar-refractivity contribution in [2.45, 2.75) is 38.4 Å². The highest BCUT2D eigenvalue weighted by atomic mass is 79.9. The quantitative estimate of drug-likeness (QED) is 0.469. The molecule has 0 radical (unpaired) electrons. The van der Waals surface area contributed by atoms with Gasteiger partial charge in [-0.15, -0.1) is 0 Å². The number of rotatable bonds is 4.